The molecule has 0 aromatic heterocycles. The van der Waals surface area contributed by atoms with Crippen LogP contribution in [0.25, 0.3) is 0 Å². The van der Waals surface area contributed by atoms with E-state index in [1.165, 1.54) is 11.1 Å². The molecule has 2 aromatic carbocycles. The molecule has 0 radical (unpaired) electrons. The fraction of sp³-hybridized carbons (Fsp3) is 0.250. The summed E-state index contributed by atoms with van der Waals surface area (Å²) < 4.78 is 11.3. The molecule has 0 bridgehead atoms. The van der Waals surface area contributed by atoms with Crippen molar-refractivity contribution in [3.05, 3.63) is 59.7 Å². The third-order valence-electron chi connectivity index (χ3n) is 2.73. The summed E-state index contributed by atoms with van der Waals surface area (Å²) in [5.41, 5.74) is 2.40. The molecule has 2 aromatic rings. The topological polar surface area (TPSA) is 18.5 Å². The van der Waals surface area contributed by atoms with Gasteiger partial charge in [-0.25, -0.2) is 0 Å². The van der Waals surface area contributed by atoms with Gasteiger partial charge in [0.05, 0.1) is 0 Å². The Kier molecular flexibility index (Phi) is 6.40. The zero-order valence-corrected chi connectivity index (χ0v) is 14.2. The van der Waals surface area contributed by atoms with Crippen LogP contribution in [0.2, 0.25) is 0 Å². The number of hydrogen-bond acceptors (Lipinski definition) is 2. The van der Waals surface area contributed by atoms with Crippen molar-refractivity contribution >= 4 is 31.9 Å². The van der Waals surface area contributed by atoms with Gasteiger partial charge in [-0.05, 0) is 35.4 Å². The molecule has 0 saturated carbocycles. The number of hydrogen-bond donors (Lipinski definition) is 0. The number of ether oxygens (including phenoxy) is 2. The van der Waals surface area contributed by atoms with Crippen LogP contribution < -0.4 is 9.47 Å². The first-order chi connectivity index (χ1) is 9.81. The summed E-state index contributed by atoms with van der Waals surface area (Å²) in [6.45, 7) is 1.06. The van der Waals surface area contributed by atoms with Crippen molar-refractivity contribution < 1.29 is 9.47 Å². The molecule has 0 atom stereocenters. The maximum absolute atomic E-state index is 5.67. The molecule has 0 N–H and O–H groups in total. The second-order valence-electron chi connectivity index (χ2n) is 4.26. The standard InChI is InChI=1S/C16H16Br2O2/c17-11-13-3-1-5-15(9-13)19-7-8-20-16-6-2-4-14(10-16)12-18/h1-6,9-10H,7-8,11-12H2. The molecule has 0 amide bonds. The van der Waals surface area contributed by atoms with Gasteiger partial charge in [0.25, 0.3) is 0 Å². The Morgan fingerprint density at radius 3 is 1.55 bits per heavy atom. The second-order valence-corrected chi connectivity index (χ2v) is 5.38. The SMILES string of the molecule is BrCc1cccc(OCCOc2cccc(CBr)c2)c1. The molecule has 0 aliphatic rings. The maximum atomic E-state index is 5.67. The monoisotopic (exact) mass is 398 g/mol. The van der Waals surface area contributed by atoms with E-state index in [2.05, 4.69) is 44.0 Å². The predicted molar refractivity (Wildman–Crippen MR) is 89.1 cm³/mol. The summed E-state index contributed by atoms with van der Waals surface area (Å²) in [5, 5.41) is 1.67. The molecule has 0 heterocycles. The van der Waals surface area contributed by atoms with Gasteiger partial charge in [0.15, 0.2) is 0 Å². The lowest BCUT2D eigenvalue weighted by molar-refractivity contribution is 0.217. The summed E-state index contributed by atoms with van der Waals surface area (Å²) in [6.07, 6.45) is 0. The van der Waals surface area contributed by atoms with Crippen LogP contribution in [0.3, 0.4) is 0 Å². The number of benzene rings is 2. The zero-order valence-electron chi connectivity index (χ0n) is 11.0. The van der Waals surface area contributed by atoms with Crippen molar-refractivity contribution in [3.8, 4) is 11.5 Å². The van der Waals surface area contributed by atoms with E-state index in [-0.39, 0.29) is 0 Å². The largest absolute Gasteiger partial charge is 0.490 e. The maximum Gasteiger partial charge on any atom is 0.122 e. The number of rotatable bonds is 7. The van der Waals surface area contributed by atoms with Crippen molar-refractivity contribution in [1.29, 1.82) is 0 Å². The quantitative estimate of drug-likeness (QED) is 0.485. The molecule has 0 aliphatic heterocycles. The molecule has 0 unspecified atom stereocenters. The Balaban J connectivity index is 1.78. The van der Waals surface area contributed by atoms with E-state index in [0.29, 0.717) is 13.2 Å². The number of halogens is 2. The van der Waals surface area contributed by atoms with Gasteiger partial charge in [-0.2, -0.15) is 0 Å². The normalized spacial score (nSPS) is 10.3. The molecule has 0 aliphatic carbocycles. The van der Waals surface area contributed by atoms with E-state index in [4.69, 9.17) is 9.47 Å². The molecule has 0 fully saturated rings. The molecule has 20 heavy (non-hydrogen) atoms. The second kappa shape index (κ2) is 8.32. The van der Waals surface area contributed by atoms with Crippen molar-refractivity contribution in [3.63, 3.8) is 0 Å². The van der Waals surface area contributed by atoms with Gasteiger partial charge < -0.3 is 9.47 Å². The molecule has 2 rings (SSSR count). The van der Waals surface area contributed by atoms with E-state index in [1.54, 1.807) is 0 Å². The summed E-state index contributed by atoms with van der Waals surface area (Å²) in [5.74, 6) is 1.75. The Labute approximate surface area is 136 Å². The van der Waals surface area contributed by atoms with Gasteiger partial charge >= 0.3 is 0 Å². The first-order valence-electron chi connectivity index (χ1n) is 6.37. The van der Waals surface area contributed by atoms with E-state index in [9.17, 15) is 0 Å². The van der Waals surface area contributed by atoms with Gasteiger partial charge in [-0.3, -0.25) is 0 Å². The number of alkyl halides is 2. The average molecular weight is 400 g/mol. The van der Waals surface area contributed by atoms with Gasteiger partial charge in [-0.15, -0.1) is 0 Å². The first kappa shape index (κ1) is 15.4. The van der Waals surface area contributed by atoms with E-state index in [0.717, 1.165) is 22.2 Å². The van der Waals surface area contributed by atoms with Gasteiger partial charge in [0.1, 0.15) is 24.7 Å². The Morgan fingerprint density at radius 1 is 0.700 bits per heavy atom. The lowest BCUT2D eigenvalue weighted by Gasteiger charge is -2.09. The Morgan fingerprint density at radius 2 is 1.15 bits per heavy atom. The smallest absolute Gasteiger partial charge is 0.122 e. The molecule has 0 spiro atoms. The molecule has 2 nitrogen and oxygen atoms in total. The van der Waals surface area contributed by atoms with Crippen LogP contribution in [0.4, 0.5) is 0 Å². The van der Waals surface area contributed by atoms with E-state index >= 15 is 0 Å². The van der Waals surface area contributed by atoms with Crippen LogP contribution in [0.15, 0.2) is 48.5 Å². The van der Waals surface area contributed by atoms with Crippen LogP contribution in [0.1, 0.15) is 11.1 Å². The predicted octanol–water partition coefficient (Wildman–Crippen LogP) is 4.93. The Hall–Kier alpha value is -1.00. The highest BCUT2D eigenvalue weighted by Crippen LogP contribution is 2.17. The van der Waals surface area contributed by atoms with Crippen molar-refractivity contribution in [1.82, 2.24) is 0 Å². The van der Waals surface area contributed by atoms with Crippen LogP contribution in [0, 0.1) is 0 Å². The molecular weight excluding hydrogens is 384 g/mol. The summed E-state index contributed by atoms with van der Waals surface area (Å²) in [7, 11) is 0. The summed E-state index contributed by atoms with van der Waals surface area (Å²) in [6, 6.07) is 16.1. The third kappa shape index (κ3) is 4.84. The third-order valence-corrected chi connectivity index (χ3v) is 4.02. The summed E-state index contributed by atoms with van der Waals surface area (Å²) >= 11 is 6.87. The van der Waals surface area contributed by atoms with Crippen molar-refractivity contribution in [2.75, 3.05) is 13.2 Å². The fourth-order valence-corrected chi connectivity index (χ4v) is 2.45. The molecule has 0 saturated heterocycles. The van der Waals surface area contributed by atoms with Crippen LogP contribution in [-0.2, 0) is 10.7 Å². The van der Waals surface area contributed by atoms with Crippen LogP contribution in [-0.4, -0.2) is 13.2 Å². The van der Waals surface area contributed by atoms with Crippen LogP contribution in [0.5, 0.6) is 11.5 Å². The van der Waals surface area contributed by atoms with E-state index < -0.39 is 0 Å². The molecule has 106 valence electrons. The zero-order chi connectivity index (χ0) is 14.2. The fourth-order valence-electron chi connectivity index (χ4n) is 1.76. The Bertz CT molecular complexity index is 494. The van der Waals surface area contributed by atoms with Crippen LogP contribution >= 0.6 is 31.9 Å². The van der Waals surface area contributed by atoms with Crippen molar-refractivity contribution in [2.24, 2.45) is 0 Å². The first-order valence-corrected chi connectivity index (χ1v) is 8.61. The molecular formula is C16H16Br2O2. The van der Waals surface area contributed by atoms with Gasteiger partial charge in [-0.1, -0.05) is 56.1 Å². The minimum atomic E-state index is 0.532. The average Bonchev–Trinajstić information content (AvgIpc) is 2.52. The minimum absolute atomic E-state index is 0.532. The van der Waals surface area contributed by atoms with E-state index in [1.807, 2.05) is 36.4 Å². The minimum Gasteiger partial charge on any atom is -0.490 e. The highest BCUT2D eigenvalue weighted by Gasteiger charge is 1.98. The molecule has 4 heteroatoms. The lowest BCUT2D eigenvalue weighted by atomic mass is 10.2. The van der Waals surface area contributed by atoms with Gasteiger partial charge in [0, 0.05) is 10.7 Å². The van der Waals surface area contributed by atoms with Gasteiger partial charge in [0.2, 0.25) is 0 Å². The summed E-state index contributed by atoms with van der Waals surface area (Å²) in [4.78, 5) is 0. The highest BCUT2D eigenvalue weighted by atomic mass is 79.9. The van der Waals surface area contributed by atoms with Crippen molar-refractivity contribution in [2.45, 2.75) is 10.7 Å². The highest BCUT2D eigenvalue weighted by molar-refractivity contribution is 9.08. The lowest BCUT2D eigenvalue weighted by Crippen LogP contribution is -2.09.